The average Bonchev–Trinajstić information content (AvgIpc) is 2.37. The number of hydrogen-bond acceptors (Lipinski definition) is 1. The van der Waals surface area contributed by atoms with Crippen LogP contribution in [0.5, 0.6) is 0 Å². The van der Waals surface area contributed by atoms with Crippen molar-refractivity contribution in [2.24, 2.45) is 11.8 Å². The van der Waals surface area contributed by atoms with Crippen molar-refractivity contribution < 1.29 is 9.13 Å². The van der Waals surface area contributed by atoms with Crippen molar-refractivity contribution in [2.45, 2.75) is 38.0 Å². The van der Waals surface area contributed by atoms with E-state index in [1.54, 1.807) is 0 Å². The quantitative estimate of drug-likeness (QED) is 0.726. The summed E-state index contributed by atoms with van der Waals surface area (Å²) in [6, 6.07) is 7.89. The van der Waals surface area contributed by atoms with E-state index in [0.29, 0.717) is 24.7 Å². The summed E-state index contributed by atoms with van der Waals surface area (Å²) in [6.07, 6.45) is 2.83. The van der Waals surface area contributed by atoms with Crippen molar-refractivity contribution in [2.75, 3.05) is 6.61 Å². The fourth-order valence-corrected chi connectivity index (χ4v) is 3.66. The lowest BCUT2D eigenvalue weighted by Gasteiger charge is -2.42. The van der Waals surface area contributed by atoms with Gasteiger partial charge in [0.1, 0.15) is 6.17 Å². The Labute approximate surface area is 112 Å². The van der Waals surface area contributed by atoms with Crippen LogP contribution in [0.3, 0.4) is 0 Å². The SMILES string of the molecule is FC1CC[C@H]2[C@@H](CCO[C@@H]2c2cccc(Cl)c2)C1. The molecule has 1 aromatic rings. The van der Waals surface area contributed by atoms with E-state index in [2.05, 4.69) is 6.07 Å². The molecule has 0 N–H and O–H groups in total. The Morgan fingerprint density at radius 3 is 2.94 bits per heavy atom. The second kappa shape index (κ2) is 5.18. The van der Waals surface area contributed by atoms with Gasteiger partial charge < -0.3 is 4.74 Å². The molecule has 18 heavy (non-hydrogen) atoms. The molecule has 0 amide bonds. The standard InChI is InChI=1S/C15H18ClFO/c16-12-3-1-2-11(8-12)15-14-5-4-13(17)9-10(14)6-7-18-15/h1-3,8,10,13-15H,4-7,9H2/t10-,13?,14-,15+/m0/s1. The first-order valence-electron chi connectivity index (χ1n) is 6.75. The van der Waals surface area contributed by atoms with Crippen LogP contribution in [0.4, 0.5) is 4.39 Å². The van der Waals surface area contributed by atoms with Gasteiger partial charge in [-0.25, -0.2) is 4.39 Å². The Kier molecular flexibility index (Phi) is 3.58. The Morgan fingerprint density at radius 2 is 2.11 bits per heavy atom. The number of rotatable bonds is 1. The molecule has 2 fully saturated rings. The summed E-state index contributed by atoms with van der Waals surface area (Å²) in [4.78, 5) is 0. The van der Waals surface area contributed by atoms with Gasteiger partial charge in [-0.15, -0.1) is 0 Å². The third-order valence-corrected chi connectivity index (χ3v) is 4.56. The Balaban J connectivity index is 1.83. The minimum atomic E-state index is -0.607. The van der Waals surface area contributed by atoms with Gasteiger partial charge in [-0.05, 0) is 55.2 Å². The van der Waals surface area contributed by atoms with Crippen molar-refractivity contribution in [3.63, 3.8) is 0 Å². The lowest BCUT2D eigenvalue weighted by Crippen LogP contribution is -2.36. The van der Waals surface area contributed by atoms with Crippen LogP contribution in [-0.4, -0.2) is 12.8 Å². The summed E-state index contributed by atoms with van der Waals surface area (Å²) < 4.78 is 19.4. The summed E-state index contributed by atoms with van der Waals surface area (Å²) in [5.74, 6) is 0.940. The minimum absolute atomic E-state index is 0.106. The molecule has 3 rings (SSSR count). The summed E-state index contributed by atoms with van der Waals surface area (Å²) in [7, 11) is 0. The van der Waals surface area contributed by atoms with Gasteiger partial charge in [0.2, 0.25) is 0 Å². The number of benzene rings is 1. The molecule has 3 heteroatoms. The molecule has 1 heterocycles. The van der Waals surface area contributed by atoms with Crippen LogP contribution in [0.1, 0.15) is 37.4 Å². The molecule has 1 aliphatic carbocycles. The number of alkyl halides is 1. The zero-order chi connectivity index (χ0) is 12.5. The maximum atomic E-state index is 13.5. The second-order valence-corrected chi connectivity index (χ2v) is 5.91. The molecule has 1 nitrogen and oxygen atoms in total. The van der Waals surface area contributed by atoms with Gasteiger partial charge in [-0.2, -0.15) is 0 Å². The zero-order valence-electron chi connectivity index (χ0n) is 10.3. The molecule has 98 valence electrons. The highest BCUT2D eigenvalue weighted by Gasteiger charge is 2.39. The van der Waals surface area contributed by atoms with Crippen molar-refractivity contribution in [3.05, 3.63) is 34.9 Å². The molecule has 0 spiro atoms. The van der Waals surface area contributed by atoms with Crippen molar-refractivity contribution in [1.29, 1.82) is 0 Å². The largest absolute Gasteiger partial charge is 0.373 e. The van der Waals surface area contributed by atoms with Gasteiger partial charge in [0, 0.05) is 11.6 Å². The number of fused-ring (bicyclic) bond motifs is 1. The van der Waals surface area contributed by atoms with Crippen LogP contribution in [0, 0.1) is 11.8 Å². The highest BCUT2D eigenvalue weighted by atomic mass is 35.5. The fraction of sp³-hybridized carbons (Fsp3) is 0.600. The second-order valence-electron chi connectivity index (χ2n) is 5.47. The van der Waals surface area contributed by atoms with E-state index in [0.717, 1.165) is 30.0 Å². The van der Waals surface area contributed by atoms with Crippen LogP contribution in [0.15, 0.2) is 24.3 Å². The molecule has 1 saturated heterocycles. The predicted molar refractivity (Wildman–Crippen MR) is 70.5 cm³/mol. The van der Waals surface area contributed by atoms with E-state index in [9.17, 15) is 4.39 Å². The number of halogens is 2. The molecule has 2 aliphatic rings. The zero-order valence-corrected chi connectivity index (χ0v) is 11.1. The maximum absolute atomic E-state index is 13.5. The molecule has 4 atom stereocenters. The van der Waals surface area contributed by atoms with E-state index < -0.39 is 6.17 Å². The van der Waals surface area contributed by atoms with Gasteiger partial charge >= 0.3 is 0 Å². The van der Waals surface area contributed by atoms with Gasteiger partial charge in [-0.1, -0.05) is 23.7 Å². The minimum Gasteiger partial charge on any atom is -0.373 e. The molecule has 1 saturated carbocycles. The molecule has 1 unspecified atom stereocenters. The highest BCUT2D eigenvalue weighted by molar-refractivity contribution is 6.30. The fourth-order valence-electron chi connectivity index (χ4n) is 3.46. The lowest BCUT2D eigenvalue weighted by molar-refractivity contribution is -0.0831. The normalized spacial score (nSPS) is 36.1. The Hall–Kier alpha value is -0.600. The smallest absolute Gasteiger partial charge is 0.100 e. The van der Waals surface area contributed by atoms with E-state index in [-0.39, 0.29) is 6.10 Å². The third-order valence-electron chi connectivity index (χ3n) is 4.33. The van der Waals surface area contributed by atoms with Crippen molar-refractivity contribution >= 4 is 11.6 Å². The van der Waals surface area contributed by atoms with E-state index in [4.69, 9.17) is 16.3 Å². The highest BCUT2D eigenvalue weighted by Crippen LogP contribution is 2.46. The number of ether oxygens (including phenoxy) is 1. The van der Waals surface area contributed by atoms with E-state index in [1.807, 2.05) is 18.2 Å². The third kappa shape index (κ3) is 2.41. The van der Waals surface area contributed by atoms with Gasteiger partial charge in [0.15, 0.2) is 0 Å². The van der Waals surface area contributed by atoms with Crippen LogP contribution in [0.25, 0.3) is 0 Å². The molecule has 0 aromatic heterocycles. The molecule has 0 bridgehead atoms. The molecule has 0 radical (unpaired) electrons. The van der Waals surface area contributed by atoms with Crippen LogP contribution in [0.2, 0.25) is 5.02 Å². The first-order chi connectivity index (χ1) is 8.74. The van der Waals surface area contributed by atoms with Gasteiger partial charge in [0.05, 0.1) is 6.10 Å². The summed E-state index contributed by atoms with van der Waals surface area (Å²) in [5, 5.41) is 0.748. The average molecular weight is 269 g/mol. The van der Waals surface area contributed by atoms with Crippen molar-refractivity contribution in [1.82, 2.24) is 0 Å². The lowest BCUT2D eigenvalue weighted by atomic mass is 9.71. The van der Waals surface area contributed by atoms with Crippen LogP contribution in [-0.2, 0) is 4.74 Å². The van der Waals surface area contributed by atoms with E-state index >= 15 is 0 Å². The van der Waals surface area contributed by atoms with Gasteiger partial charge in [0.25, 0.3) is 0 Å². The summed E-state index contributed by atoms with van der Waals surface area (Å²) in [5.41, 5.74) is 1.15. The summed E-state index contributed by atoms with van der Waals surface area (Å²) >= 11 is 6.05. The first kappa shape index (κ1) is 12.4. The molecular weight excluding hydrogens is 251 g/mol. The van der Waals surface area contributed by atoms with Crippen LogP contribution >= 0.6 is 11.6 Å². The number of hydrogen-bond donors (Lipinski definition) is 0. The van der Waals surface area contributed by atoms with E-state index in [1.165, 1.54) is 0 Å². The molecular formula is C15H18ClFO. The van der Waals surface area contributed by atoms with Crippen LogP contribution < -0.4 is 0 Å². The maximum Gasteiger partial charge on any atom is 0.100 e. The van der Waals surface area contributed by atoms with Gasteiger partial charge in [-0.3, -0.25) is 0 Å². The predicted octanol–water partition coefficient (Wildman–Crippen LogP) is 4.56. The Morgan fingerprint density at radius 1 is 1.22 bits per heavy atom. The summed E-state index contributed by atoms with van der Waals surface area (Å²) in [6.45, 7) is 0.741. The topological polar surface area (TPSA) is 9.23 Å². The molecule has 1 aromatic carbocycles. The van der Waals surface area contributed by atoms with Crippen molar-refractivity contribution in [3.8, 4) is 0 Å². The molecule has 1 aliphatic heterocycles. The first-order valence-corrected chi connectivity index (χ1v) is 7.13. The Bertz CT molecular complexity index is 423. The monoisotopic (exact) mass is 268 g/mol.